The van der Waals surface area contributed by atoms with Crippen molar-refractivity contribution in [3.05, 3.63) is 34.6 Å². The number of alkyl halides is 2. The summed E-state index contributed by atoms with van der Waals surface area (Å²) >= 11 is 3.13. The first-order valence-corrected chi connectivity index (χ1v) is 4.79. The minimum absolute atomic E-state index is 0.114. The van der Waals surface area contributed by atoms with Crippen molar-refractivity contribution in [1.29, 1.82) is 0 Å². The lowest BCUT2D eigenvalue weighted by Crippen LogP contribution is -2.01. The highest BCUT2D eigenvalue weighted by atomic mass is 79.9. The number of halogens is 3. The van der Waals surface area contributed by atoms with Crippen LogP contribution in [0.25, 0.3) is 5.69 Å². The average molecular weight is 275 g/mol. The fourth-order valence-corrected chi connectivity index (χ4v) is 1.56. The van der Waals surface area contributed by atoms with E-state index in [1.807, 2.05) is 0 Å². The molecule has 0 aliphatic rings. The summed E-state index contributed by atoms with van der Waals surface area (Å²) in [7, 11) is 0. The average Bonchev–Trinajstić information content (AvgIpc) is 2.70. The Morgan fingerprint density at radius 1 is 1.33 bits per heavy atom. The lowest BCUT2D eigenvalue weighted by Gasteiger charge is -2.07. The third-order valence-corrected chi connectivity index (χ3v) is 2.31. The van der Waals surface area contributed by atoms with Gasteiger partial charge >= 0.3 is 0 Å². The maximum absolute atomic E-state index is 12.7. The number of hydrogen-bond acceptors (Lipinski definition) is 3. The predicted molar refractivity (Wildman–Crippen MR) is 51.8 cm³/mol. The molecule has 0 fully saturated rings. The summed E-state index contributed by atoms with van der Waals surface area (Å²) < 4.78 is 27.2. The van der Waals surface area contributed by atoms with Gasteiger partial charge in [-0.3, -0.25) is 0 Å². The largest absolute Gasteiger partial charge is 0.265 e. The van der Waals surface area contributed by atoms with Crippen LogP contribution in [0.3, 0.4) is 0 Å². The third kappa shape index (κ3) is 2.01. The van der Waals surface area contributed by atoms with Crippen LogP contribution in [-0.2, 0) is 0 Å². The van der Waals surface area contributed by atoms with Crippen LogP contribution in [0.4, 0.5) is 8.78 Å². The molecule has 0 amide bonds. The monoisotopic (exact) mass is 274 g/mol. The van der Waals surface area contributed by atoms with E-state index in [9.17, 15) is 8.78 Å². The van der Waals surface area contributed by atoms with Gasteiger partial charge in [0.1, 0.15) is 6.33 Å². The fourth-order valence-electron chi connectivity index (χ4n) is 1.18. The van der Waals surface area contributed by atoms with Crippen LogP contribution in [0.5, 0.6) is 0 Å². The second-order valence-electron chi connectivity index (χ2n) is 2.76. The summed E-state index contributed by atoms with van der Waals surface area (Å²) in [5.74, 6) is 0. The van der Waals surface area contributed by atoms with Crippen molar-refractivity contribution in [2.24, 2.45) is 0 Å². The lowest BCUT2D eigenvalue weighted by atomic mass is 10.2. The van der Waals surface area contributed by atoms with Crippen LogP contribution in [-0.4, -0.2) is 20.2 Å². The highest BCUT2D eigenvalue weighted by molar-refractivity contribution is 9.10. The first-order chi connectivity index (χ1) is 7.18. The number of tetrazole rings is 1. The van der Waals surface area contributed by atoms with E-state index in [2.05, 4.69) is 31.5 Å². The minimum atomic E-state index is -2.57. The van der Waals surface area contributed by atoms with Gasteiger partial charge in [0.25, 0.3) is 6.43 Å². The van der Waals surface area contributed by atoms with E-state index in [4.69, 9.17) is 0 Å². The number of rotatable bonds is 2. The van der Waals surface area contributed by atoms with Gasteiger partial charge in [-0.2, -0.15) is 0 Å². The zero-order chi connectivity index (χ0) is 10.8. The van der Waals surface area contributed by atoms with Crippen molar-refractivity contribution < 1.29 is 8.78 Å². The zero-order valence-corrected chi connectivity index (χ0v) is 8.90. The quantitative estimate of drug-likeness (QED) is 0.845. The second-order valence-corrected chi connectivity index (χ2v) is 3.67. The van der Waals surface area contributed by atoms with E-state index in [-0.39, 0.29) is 11.3 Å². The van der Waals surface area contributed by atoms with E-state index in [0.717, 1.165) is 0 Å². The van der Waals surface area contributed by atoms with Gasteiger partial charge in [-0.25, -0.2) is 13.5 Å². The molecule has 2 rings (SSSR count). The molecule has 0 aliphatic heterocycles. The molecule has 0 spiro atoms. The Bertz CT molecular complexity index is 458. The van der Waals surface area contributed by atoms with E-state index < -0.39 is 6.43 Å². The summed E-state index contributed by atoms with van der Waals surface area (Å²) in [6.07, 6.45) is -1.29. The number of nitrogens with zero attached hydrogens (tertiary/aromatic N) is 4. The molecule has 1 aromatic carbocycles. The molecule has 2 aromatic rings. The standard InChI is InChI=1S/C8H5BrF2N4/c9-5-1-2-7(6(3-5)8(10)11)15-4-12-13-14-15/h1-4,8H. The zero-order valence-electron chi connectivity index (χ0n) is 7.31. The van der Waals surface area contributed by atoms with Crippen molar-refractivity contribution >= 4 is 15.9 Å². The normalized spacial score (nSPS) is 10.9. The highest BCUT2D eigenvalue weighted by Crippen LogP contribution is 2.28. The van der Waals surface area contributed by atoms with Crippen LogP contribution in [0.2, 0.25) is 0 Å². The van der Waals surface area contributed by atoms with E-state index in [0.29, 0.717) is 4.47 Å². The summed E-state index contributed by atoms with van der Waals surface area (Å²) in [5.41, 5.74) is 0.162. The molecule has 0 saturated heterocycles. The Balaban J connectivity index is 2.56. The van der Waals surface area contributed by atoms with Gasteiger partial charge in [0.2, 0.25) is 0 Å². The van der Waals surface area contributed by atoms with Gasteiger partial charge < -0.3 is 0 Å². The van der Waals surface area contributed by atoms with E-state index in [1.165, 1.54) is 23.1 Å². The molecule has 78 valence electrons. The second kappa shape index (κ2) is 4.01. The Morgan fingerprint density at radius 2 is 2.13 bits per heavy atom. The Labute approximate surface area is 92.0 Å². The summed E-state index contributed by atoms with van der Waals surface area (Å²) in [6.45, 7) is 0. The van der Waals surface area contributed by atoms with Crippen LogP contribution < -0.4 is 0 Å². The molecule has 0 N–H and O–H groups in total. The Morgan fingerprint density at radius 3 is 2.73 bits per heavy atom. The van der Waals surface area contributed by atoms with Gasteiger partial charge in [0, 0.05) is 10.0 Å². The van der Waals surface area contributed by atoms with Crippen molar-refractivity contribution in [3.63, 3.8) is 0 Å². The molecule has 0 saturated carbocycles. The topological polar surface area (TPSA) is 43.6 Å². The Hall–Kier alpha value is -1.37. The molecule has 1 heterocycles. The Kier molecular flexibility index (Phi) is 2.72. The van der Waals surface area contributed by atoms with Crippen molar-refractivity contribution in [3.8, 4) is 5.69 Å². The number of benzene rings is 1. The molecule has 7 heteroatoms. The van der Waals surface area contributed by atoms with Crippen LogP contribution >= 0.6 is 15.9 Å². The molecular weight excluding hydrogens is 270 g/mol. The maximum Gasteiger partial charge on any atom is 0.265 e. The fraction of sp³-hybridized carbons (Fsp3) is 0.125. The molecule has 0 atom stereocenters. The van der Waals surface area contributed by atoms with Gasteiger partial charge in [0.15, 0.2) is 0 Å². The van der Waals surface area contributed by atoms with Crippen molar-refractivity contribution in [2.45, 2.75) is 6.43 Å². The summed E-state index contributed by atoms with van der Waals surface area (Å²) in [6, 6.07) is 4.53. The summed E-state index contributed by atoms with van der Waals surface area (Å²) in [4.78, 5) is 0. The molecule has 4 nitrogen and oxygen atoms in total. The van der Waals surface area contributed by atoms with Crippen LogP contribution in [0.15, 0.2) is 29.0 Å². The van der Waals surface area contributed by atoms with Crippen molar-refractivity contribution in [1.82, 2.24) is 20.2 Å². The van der Waals surface area contributed by atoms with Gasteiger partial charge in [0.05, 0.1) is 5.69 Å². The molecule has 0 unspecified atom stereocenters. The molecule has 0 aliphatic carbocycles. The predicted octanol–water partition coefficient (Wildman–Crippen LogP) is 2.36. The minimum Gasteiger partial charge on any atom is -0.205 e. The molecular formula is C8H5BrF2N4. The first-order valence-electron chi connectivity index (χ1n) is 3.99. The van der Waals surface area contributed by atoms with Gasteiger partial charge in [-0.1, -0.05) is 15.9 Å². The maximum atomic E-state index is 12.7. The SMILES string of the molecule is FC(F)c1cc(Br)ccc1-n1cnnn1. The number of hydrogen-bond donors (Lipinski definition) is 0. The summed E-state index contributed by atoms with van der Waals surface area (Å²) in [5, 5.41) is 10.4. The number of aromatic nitrogens is 4. The van der Waals surface area contributed by atoms with Crippen molar-refractivity contribution in [2.75, 3.05) is 0 Å². The molecule has 15 heavy (non-hydrogen) atoms. The third-order valence-electron chi connectivity index (χ3n) is 1.82. The van der Waals surface area contributed by atoms with Crippen LogP contribution in [0, 0.1) is 0 Å². The molecule has 0 bridgehead atoms. The highest BCUT2D eigenvalue weighted by Gasteiger charge is 2.15. The molecule has 0 radical (unpaired) electrons. The lowest BCUT2D eigenvalue weighted by molar-refractivity contribution is 0.151. The first kappa shape index (κ1) is 10.2. The van der Waals surface area contributed by atoms with E-state index >= 15 is 0 Å². The molecule has 1 aromatic heterocycles. The smallest absolute Gasteiger partial charge is 0.205 e. The van der Waals surface area contributed by atoms with E-state index in [1.54, 1.807) is 6.07 Å². The van der Waals surface area contributed by atoms with Gasteiger partial charge in [-0.15, -0.1) is 5.10 Å². The van der Waals surface area contributed by atoms with Crippen LogP contribution in [0.1, 0.15) is 12.0 Å². The van der Waals surface area contributed by atoms with Gasteiger partial charge in [-0.05, 0) is 28.6 Å².